The smallest absolute Gasteiger partial charge is 0.305 e. The average Bonchev–Trinajstić information content (AvgIpc) is 2.36. The summed E-state index contributed by atoms with van der Waals surface area (Å²) in [4.78, 5) is 21.9. The quantitative estimate of drug-likeness (QED) is 0.795. The van der Waals surface area contributed by atoms with Crippen LogP contribution in [0.25, 0.3) is 0 Å². The van der Waals surface area contributed by atoms with Crippen LogP contribution in [0.3, 0.4) is 0 Å². The van der Waals surface area contributed by atoms with Crippen LogP contribution in [0.4, 0.5) is 8.78 Å². The predicted octanol–water partition coefficient (Wildman–Crippen LogP) is 1.84. The zero-order valence-electron chi connectivity index (χ0n) is 10.2. The Morgan fingerprint density at radius 2 is 1.84 bits per heavy atom. The molecule has 2 N–H and O–H groups in total. The van der Waals surface area contributed by atoms with Crippen molar-refractivity contribution in [3.05, 3.63) is 35.9 Å². The number of carbonyl (C=O) groups excluding carboxylic acids is 1. The van der Waals surface area contributed by atoms with Crippen molar-refractivity contribution < 1.29 is 23.5 Å². The summed E-state index contributed by atoms with van der Waals surface area (Å²) in [7, 11) is 0. The number of aliphatic carboxylic acids is 1. The van der Waals surface area contributed by atoms with Gasteiger partial charge in [0.25, 0.3) is 6.43 Å². The summed E-state index contributed by atoms with van der Waals surface area (Å²) < 4.78 is 25.0. The molecule has 0 heterocycles. The van der Waals surface area contributed by atoms with E-state index in [1.54, 1.807) is 0 Å². The third kappa shape index (κ3) is 5.94. The third-order valence-electron chi connectivity index (χ3n) is 2.53. The molecule has 1 amide bonds. The number of rotatable bonds is 7. The number of hydrogen-bond acceptors (Lipinski definition) is 2. The molecule has 6 heteroatoms. The largest absolute Gasteiger partial charge is 0.481 e. The molecule has 1 atom stereocenters. The summed E-state index contributed by atoms with van der Waals surface area (Å²) >= 11 is 0. The Morgan fingerprint density at radius 1 is 1.21 bits per heavy atom. The lowest BCUT2D eigenvalue weighted by molar-refractivity contribution is -0.139. The maximum absolute atomic E-state index is 12.5. The van der Waals surface area contributed by atoms with E-state index in [0.717, 1.165) is 5.56 Å². The molecule has 0 aliphatic carbocycles. The van der Waals surface area contributed by atoms with Crippen molar-refractivity contribution in [1.82, 2.24) is 5.32 Å². The molecule has 104 valence electrons. The minimum Gasteiger partial charge on any atom is -0.481 e. The van der Waals surface area contributed by atoms with Crippen molar-refractivity contribution in [1.29, 1.82) is 0 Å². The van der Waals surface area contributed by atoms with Gasteiger partial charge in [-0.25, -0.2) is 8.78 Å². The van der Waals surface area contributed by atoms with Crippen LogP contribution < -0.4 is 5.32 Å². The van der Waals surface area contributed by atoms with Crippen molar-refractivity contribution in [3.63, 3.8) is 0 Å². The molecular formula is C13H15F2NO3. The second-order valence-electron chi connectivity index (χ2n) is 4.09. The normalized spacial score (nSPS) is 12.2. The molecule has 1 aromatic rings. The fraction of sp³-hybridized carbons (Fsp3) is 0.385. The van der Waals surface area contributed by atoms with E-state index in [4.69, 9.17) is 5.11 Å². The van der Waals surface area contributed by atoms with Crippen LogP contribution in [0.5, 0.6) is 0 Å². The summed E-state index contributed by atoms with van der Waals surface area (Å²) in [6.07, 6.45) is -3.20. The van der Waals surface area contributed by atoms with Gasteiger partial charge < -0.3 is 10.4 Å². The molecule has 0 aromatic heterocycles. The predicted molar refractivity (Wildman–Crippen MR) is 65.0 cm³/mol. The lowest BCUT2D eigenvalue weighted by atomic mass is 10.1. The maximum atomic E-state index is 12.5. The fourth-order valence-corrected chi connectivity index (χ4v) is 1.57. The van der Waals surface area contributed by atoms with E-state index in [9.17, 15) is 18.4 Å². The first-order valence-electron chi connectivity index (χ1n) is 5.82. The molecule has 0 aliphatic rings. The zero-order chi connectivity index (χ0) is 14.3. The number of carboxylic acids is 1. The Labute approximate surface area is 109 Å². The van der Waals surface area contributed by atoms with Crippen LogP contribution in [0.15, 0.2) is 30.3 Å². The van der Waals surface area contributed by atoms with Crippen LogP contribution in [0.2, 0.25) is 0 Å². The first kappa shape index (κ1) is 15.1. The fourth-order valence-electron chi connectivity index (χ4n) is 1.57. The van der Waals surface area contributed by atoms with Gasteiger partial charge in [0.05, 0.1) is 6.42 Å². The zero-order valence-corrected chi connectivity index (χ0v) is 10.2. The molecule has 0 radical (unpaired) electrons. The van der Waals surface area contributed by atoms with Gasteiger partial charge in [0.1, 0.15) is 6.04 Å². The first-order chi connectivity index (χ1) is 8.99. The molecular weight excluding hydrogens is 256 g/mol. The molecule has 1 unspecified atom stereocenters. The summed E-state index contributed by atoms with van der Waals surface area (Å²) in [6.45, 7) is 0. The molecule has 0 fully saturated rings. The van der Waals surface area contributed by atoms with Crippen molar-refractivity contribution in [2.45, 2.75) is 31.7 Å². The SMILES string of the molecule is O=C(O)CC(NC(=O)CCc1ccccc1)C(F)F. The maximum Gasteiger partial charge on any atom is 0.305 e. The Bertz CT molecular complexity index is 423. The summed E-state index contributed by atoms with van der Waals surface area (Å²) in [6, 6.07) is 7.49. The van der Waals surface area contributed by atoms with Gasteiger partial charge in [0.15, 0.2) is 0 Å². The van der Waals surface area contributed by atoms with E-state index in [0.29, 0.717) is 6.42 Å². The highest BCUT2D eigenvalue weighted by Crippen LogP contribution is 2.07. The van der Waals surface area contributed by atoms with E-state index >= 15 is 0 Å². The van der Waals surface area contributed by atoms with Crippen molar-refractivity contribution >= 4 is 11.9 Å². The number of amides is 1. The molecule has 1 aromatic carbocycles. The number of carbonyl (C=O) groups is 2. The molecule has 0 spiro atoms. The monoisotopic (exact) mass is 271 g/mol. The molecule has 0 aliphatic heterocycles. The number of aryl methyl sites for hydroxylation is 1. The Kier molecular flexibility index (Phi) is 5.92. The van der Waals surface area contributed by atoms with Crippen molar-refractivity contribution in [3.8, 4) is 0 Å². The number of hydrogen-bond donors (Lipinski definition) is 2. The molecule has 19 heavy (non-hydrogen) atoms. The summed E-state index contributed by atoms with van der Waals surface area (Å²) in [5.41, 5.74) is 0.921. The van der Waals surface area contributed by atoms with Crippen LogP contribution in [-0.4, -0.2) is 29.5 Å². The minimum atomic E-state index is -2.89. The van der Waals surface area contributed by atoms with Gasteiger partial charge in [0, 0.05) is 6.42 Å². The van der Waals surface area contributed by atoms with Gasteiger partial charge >= 0.3 is 5.97 Å². The molecule has 0 bridgehead atoms. The first-order valence-corrected chi connectivity index (χ1v) is 5.82. The van der Waals surface area contributed by atoms with Gasteiger partial charge in [-0.15, -0.1) is 0 Å². The number of benzene rings is 1. The van der Waals surface area contributed by atoms with E-state index in [-0.39, 0.29) is 6.42 Å². The Balaban J connectivity index is 2.42. The van der Waals surface area contributed by atoms with Crippen LogP contribution >= 0.6 is 0 Å². The Hall–Kier alpha value is -1.98. The van der Waals surface area contributed by atoms with Gasteiger partial charge in [-0.2, -0.15) is 0 Å². The van der Waals surface area contributed by atoms with Crippen molar-refractivity contribution in [2.75, 3.05) is 0 Å². The van der Waals surface area contributed by atoms with Crippen LogP contribution in [-0.2, 0) is 16.0 Å². The number of halogens is 2. The van der Waals surface area contributed by atoms with Gasteiger partial charge in [-0.3, -0.25) is 9.59 Å². The number of carboxylic acid groups (broad SMARTS) is 1. The molecule has 0 saturated heterocycles. The second-order valence-corrected chi connectivity index (χ2v) is 4.09. The van der Waals surface area contributed by atoms with Crippen LogP contribution in [0, 0.1) is 0 Å². The Morgan fingerprint density at radius 3 is 2.37 bits per heavy atom. The van der Waals surface area contributed by atoms with E-state index in [2.05, 4.69) is 0 Å². The lowest BCUT2D eigenvalue weighted by Gasteiger charge is -2.15. The van der Waals surface area contributed by atoms with E-state index in [1.165, 1.54) is 0 Å². The van der Waals surface area contributed by atoms with Gasteiger partial charge in [-0.1, -0.05) is 30.3 Å². The third-order valence-corrected chi connectivity index (χ3v) is 2.53. The minimum absolute atomic E-state index is 0.0485. The molecule has 4 nitrogen and oxygen atoms in total. The average molecular weight is 271 g/mol. The lowest BCUT2D eigenvalue weighted by Crippen LogP contribution is -2.41. The number of nitrogens with one attached hydrogen (secondary N) is 1. The van der Waals surface area contributed by atoms with E-state index < -0.39 is 30.8 Å². The topological polar surface area (TPSA) is 66.4 Å². The van der Waals surface area contributed by atoms with Crippen LogP contribution in [0.1, 0.15) is 18.4 Å². The summed E-state index contributed by atoms with van der Waals surface area (Å²) in [5.74, 6) is -1.94. The number of alkyl halides is 2. The van der Waals surface area contributed by atoms with E-state index in [1.807, 2.05) is 35.6 Å². The molecule has 0 saturated carbocycles. The van der Waals surface area contributed by atoms with Gasteiger partial charge in [-0.05, 0) is 12.0 Å². The standard InChI is InChI=1S/C13H15F2NO3/c14-13(15)10(8-12(18)19)16-11(17)7-6-9-4-2-1-3-5-9/h1-5,10,13H,6-8H2,(H,16,17)(H,18,19). The second kappa shape index (κ2) is 7.45. The highest BCUT2D eigenvalue weighted by Gasteiger charge is 2.24. The van der Waals surface area contributed by atoms with Gasteiger partial charge in [0.2, 0.25) is 5.91 Å². The van der Waals surface area contributed by atoms with Crippen molar-refractivity contribution in [2.24, 2.45) is 0 Å². The molecule has 1 rings (SSSR count). The highest BCUT2D eigenvalue weighted by atomic mass is 19.3. The summed E-state index contributed by atoms with van der Waals surface area (Å²) in [5, 5.41) is 10.5. The highest BCUT2D eigenvalue weighted by molar-refractivity contribution is 5.77.